The molecule has 0 aliphatic carbocycles. The lowest BCUT2D eigenvalue weighted by Crippen LogP contribution is -2.31. The molecule has 0 fully saturated rings. The van der Waals surface area contributed by atoms with Gasteiger partial charge >= 0.3 is 7.60 Å². The highest BCUT2D eigenvalue weighted by Crippen LogP contribution is 2.48. The number of hydrogen-bond acceptors (Lipinski definition) is 4. The number of rotatable bonds is 11. The molecule has 1 rings (SSSR count). The second kappa shape index (κ2) is 10.6. The van der Waals surface area contributed by atoms with Crippen LogP contribution >= 0.6 is 7.60 Å². The van der Waals surface area contributed by atoms with Crippen molar-refractivity contribution in [2.45, 2.75) is 52.9 Å². The maximum Gasteiger partial charge on any atom is 0.331 e. The minimum Gasteiger partial charge on any atom is -0.309 e. The molecule has 1 aliphatic heterocycles. The Kier molecular flexibility index (Phi) is 9.50. The molecule has 0 saturated carbocycles. The van der Waals surface area contributed by atoms with E-state index < -0.39 is 7.60 Å². The predicted octanol–water partition coefficient (Wildman–Crippen LogP) is 4.46. The molecule has 0 aromatic rings. The normalized spacial score (nSPS) is 17.0. The Morgan fingerprint density at radius 3 is 2.29 bits per heavy atom. The summed E-state index contributed by atoms with van der Waals surface area (Å²) in [5.41, 5.74) is 1.45. The van der Waals surface area contributed by atoms with E-state index in [2.05, 4.69) is 31.7 Å². The van der Waals surface area contributed by atoms with Crippen molar-refractivity contribution in [3.8, 4) is 0 Å². The average molecular weight is 317 g/mol. The summed E-state index contributed by atoms with van der Waals surface area (Å²) in [6, 6.07) is 0. The molecule has 0 bridgehead atoms. The van der Waals surface area contributed by atoms with Crippen molar-refractivity contribution in [3.05, 3.63) is 11.6 Å². The Morgan fingerprint density at radius 1 is 1.19 bits per heavy atom. The van der Waals surface area contributed by atoms with E-state index in [-0.39, 0.29) is 0 Å². The van der Waals surface area contributed by atoms with Gasteiger partial charge in [-0.25, -0.2) is 0 Å². The van der Waals surface area contributed by atoms with Gasteiger partial charge in [-0.1, -0.05) is 38.3 Å². The van der Waals surface area contributed by atoms with E-state index in [1.54, 1.807) is 0 Å². The van der Waals surface area contributed by atoms with E-state index in [9.17, 15) is 4.57 Å². The highest BCUT2D eigenvalue weighted by Gasteiger charge is 2.25. The Bertz CT molecular complexity index is 343. The second-order valence-electron chi connectivity index (χ2n) is 5.81. The highest BCUT2D eigenvalue weighted by molar-refractivity contribution is 7.53. The molecular weight excluding hydrogens is 285 g/mol. The third kappa shape index (κ3) is 8.15. The summed E-state index contributed by atoms with van der Waals surface area (Å²) in [4.78, 5) is 2.33. The number of nitrogens with zero attached hydrogens (tertiary/aromatic N) is 1. The Balaban J connectivity index is 2.41. The van der Waals surface area contributed by atoms with Crippen LogP contribution in [0.15, 0.2) is 11.6 Å². The molecule has 0 atom stereocenters. The largest absolute Gasteiger partial charge is 0.331 e. The second-order valence-corrected chi connectivity index (χ2v) is 7.99. The molecule has 1 heterocycles. The molecule has 0 N–H and O–H groups in total. The summed E-state index contributed by atoms with van der Waals surface area (Å²) < 4.78 is 24.0. The van der Waals surface area contributed by atoms with Crippen molar-refractivity contribution in [1.29, 1.82) is 0 Å². The highest BCUT2D eigenvalue weighted by atomic mass is 31.2. The first-order chi connectivity index (χ1) is 10.1. The SMILES string of the molecule is CCCCOP(=O)(CCN1CC=C(C)CC1)OCCCC. The summed E-state index contributed by atoms with van der Waals surface area (Å²) in [7, 11) is -2.92. The first-order valence-corrected chi connectivity index (χ1v) is 10.1. The van der Waals surface area contributed by atoms with Gasteiger partial charge in [-0.05, 0) is 26.2 Å². The van der Waals surface area contributed by atoms with Crippen molar-refractivity contribution in [2.24, 2.45) is 0 Å². The zero-order valence-electron chi connectivity index (χ0n) is 14.0. The molecule has 5 heteroatoms. The van der Waals surface area contributed by atoms with Gasteiger partial charge in [-0.15, -0.1) is 0 Å². The van der Waals surface area contributed by atoms with Crippen molar-refractivity contribution >= 4 is 7.60 Å². The Labute approximate surface area is 130 Å². The molecule has 0 aromatic heterocycles. The third-order valence-corrected chi connectivity index (χ3v) is 5.68. The molecule has 124 valence electrons. The molecule has 0 unspecified atom stereocenters. The van der Waals surface area contributed by atoms with E-state index in [0.717, 1.165) is 51.7 Å². The van der Waals surface area contributed by atoms with E-state index in [4.69, 9.17) is 9.05 Å². The van der Waals surface area contributed by atoms with Crippen LogP contribution in [0.25, 0.3) is 0 Å². The van der Waals surface area contributed by atoms with Gasteiger partial charge in [-0.3, -0.25) is 9.46 Å². The van der Waals surface area contributed by atoms with E-state index >= 15 is 0 Å². The summed E-state index contributed by atoms with van der Waals surface area (Å²) in [6.07, 6.45) is 7.84. The lowest BCUT2D eigenvalue weighted by molar-refractivity contribution is 0.195. The van der Waals surface area contributed by atoms with E-state index in [1.165, 1.54) is 5.57 Å². The molecule has 0 aromatic carbocycles. The Morgan fingerprint density at radius 2 is 1.81 bits per heavy atom. The van der Waals surface area contributed by atoms with Gasteiger partial charge in [0.05, 0.1) is 19.4 Å². The smallest absolute Gasteiger partial charge is 0.309 e. The zero-order chi connectivity index (χ0) is 15.6. The molecule has 0 radical (unpaired) electrons. The van der Waals surface area contributed by atoms with E-state index in [1.807, 2.05) is 0 Å². The van der Waals surface area contributed by atoms with Gasteiger partial charge < -0.3 is 9.05 Å². The predicted molar refractivity (Wildman–Crippen MR) is 89.0 cm³/mol. The van der Waals surface area contributed by atoms with Crippen LogP contribution in [0.4, 0.5) is 0 Å². The van der Waals surface area contributed by atoms with Crippen LogP contribution in [0.1, 0.15) is 52.9 Å². The fourth-order valence-corrected chi connectivity index (χ4v) is 3.82. The number of unbranched alkanes of at least 4 members (excludes halogenated alkanes) is 2. The summed E-state index contributed by atoms with van der Waals surface area (Å²) in [5.74, 6) is 0. The van der Waals surface area contributed by atoms with Gasteiger partial charge in [0.2, 0.25) is 0 Å². The Hall–Kier alpha value is -0.150. The van der Waals surface area contributed by atoms with Crippen LogP contribution < -0.4 is 0 Å². The van der Waals surface area contributed by atoms with Crippen molar-refractivity contribution in [2.75, 3.05) is 39.0 Å². The fraction of sp³-hybridized carbons (Fsp3) is 0.875. The van der Waals surface area contributed by atoms with Crippen molar-refractivity contribution in [1.82, 2.24) is 4.90 Å². The van der Waals surface area contributed by atoms with Crippen LogP contribution in [0.2, 0.25) is 0 Å². The minimum atomic E-state index is -2.92. The molecule has 0 amide bonds. The first-order valence-electron chi connectivity index (χ1n) is 8.35. The lowest BCUT2D eigenvalue weighted by atomic mass is 10.1. The molecular formula is C16H32NO3P. The van der Waals surface area contributed by atoms with Gasteiger partial charge in [0, 0.05) is 19.6 Å². The van der Waals surface area contributed by atoms with Crippen LogP contribution in [0.3, 0.4) is 0 Å². The topological polar surface area (TPSA) is 38.8 Å². The first kappa shape index (κ1) is 18.9. The average Bonchev–Trinajstić information content (AvgIpc) is 2.47. The molecule has 0 saturated heterocycles. The third-order valence-electron chi connectivity index (χ3n) is 3.78. The molecule has 21 heavy (non-hydrogen) atoms. The fourth-order valence-electron chi connectivity index (χ4n) is 2.14. The van der Waals surface area contributed by atoms with Crippen LogP contribution in [-0.2, 0) is 13.6 Å². The molecule has 0 spiro atoms. The molecule has 4 nitrogen and oxygen atoms in total. The van der Waals surface area contributed by atoms with Crippen LogP contribution in [-0.4, -0.2) is 43.9 Å². The number of hydrogen-bond donors (Lipinski definition) is 0. The maximum atomic E-state index is 12.8. The van der Waals surface area contributed by atoms with Gasteiger partial charge in [0.1, 0.15) is 0 Å². The minimum absolute atomic E-state index is 0.507. The van der Waals surface area contributed by atoms with Crippen molar-refractivity contribution in [3.63, 3.8) is 0 Å². The van der Waals surface area contributed by atoms with Gasteiger partial charge in [0.15, 0.2) is 0 Å². The van der Waals surface area contributed by atoms with Gasteiger partial charge in [0.25, 0.3) is 0 Å². The van der Waals surface area contributed by atoms with Crippen LogP contribution in [0.5, 0.6) is 0 Å². The monoisotopic (exact) mass is 317 g/mol. The van der Waals surface area contributed by atoms with Gasteiger partial charge in [-0.2, -0.15) is 0 Å². The maximum absolute atomic E-state index is 12.8. The standard InChI is InChI=1S/C16H32NO3P/c1-4-6-13-19-21(18,20-14-7-5-2)15-12-17-10-8-16(3)9-11-17/h8H,4-7,9-15H2,1-3H3. The van der Waals surface area contributed by atoms with Crippen molar-refractivity contribution < 1.29 is 13.6 Å². The quantitative estimate of drug-likeness (QED) is 0.320. The summed E-state index contributed by atoms with van der Waals surface area (Å²) in [5, 5.41) is 0. The summed E-state index contributed by atoms with van der Waals surface area (Å²) >= 11 is 0. The summed E-state index contributed by atoms with van der Waals surface area (Å²) in [6.45, 7) is 10.3. The van der Waals surface area contributed by atoms with E-state index in [0.29, 0.717) is 19.4 Å². The lowest BCUT2D eigenvalue weighted by Gasteiger charge is -2.27. The zero-order valence-corrected chi connectivity index (χ0v) is 14.9. The molecule has 1 aliphatic rings. The van der Waals surface area contributed by atoms with Crippen LogP contribution in [0, 0.1) is 0 Å².